The monoisotopic (exact) mass is 365 g/mol. The van der Waals surface area contributed by atoms with Crippen molar-refractivity contribution in [1.82, 2.24) is 16.0 Å². The van der Waals surface area contributed by atoms with Gasteiger partial charge in [-0.15, -0.1) is 0 Å². The minimum atomic E-state index is -0.300. The second-order valence-electron chi connectivity index (χ2n) is 6.12. The lowest BCUT2D eigenvalue weighted by molar-refractivity contribution is -0.119. The second kappa shape index (κ2) is 8.27. The number of rotatable bonds is 0. The second-order valence-corrected chi connectivity index (χ2v) is 6.12. The minimum Gasteiger partial charge on any atom is -0.356 e. The molecule has 4 amide bonds. The van der Waals surface area contributed by atoms with Gasteiger partial charge in [-0.05, 0) is 30.2 Å². The first-order valence-corrected chi connectivity index (χ1v) is 8.64. The highest BCUT2D eigenvalue weighted by atomic mass is 16.2. The summed E-state index contributed by atoms with van der Waals surface area (Å²) in [6.07, 6.45) is 1.76. The lowest BCUT2D eigenvalue weighted by Crippen LogP contribution is -2.19. The van der Waals surface area contributed by atoms with Crippen molar-refractivity contribution in [2.45, 2.75) is 19.4 Å². The number of carbonyl (C=O) groups is 4. The number of fused-ring (bicyclic) bond motifs is 2. The molecule has 0 aromatic heterocycles. The molecule has 27 heavy (non-hydrogen) atoms. The Morgan fingerprint density at radius 2 is 1.26 bits per heavy atom. The normalized spacial score (nSPS) is 16.0. The third-order valence-electron chi connectivity index (χ3n) is 4.25. The van der Waals surface area contributed by atoms with Crippen LogP contribution in [0.5, 0.6) is 0 Å². The van der Waals surface area contributed by atoms with Crippen LogP contribution in [0.25, 0.3) is 0 Å². The summed E-state index contributed by atoms with van der Waals surface area (Å²) in [5.74, 6) is -0.346. The highest BCUT2D eigenvalue weighted by Crippen LogP contribution is 2.14. The number of benzene rings is 2. The standard InChI is InChI=1S/C8H5NO2.C8H7NO.C4H7NO/c10-7-5-3-1-2-4-6(5)8(11)9-7;10-8-7-4-2-1-3-6(7)5-9-8;6-4-2-1-3-5-4/h1-4H,(H,9,10,11);1-4H,5H2,(H,9,10);1-3H2,(H,5,6). The minimum absolute atomic E-state index is 0.0515. The molecule has 0 aliphatic carbocycles. The first-order chi connectivity index (χ1) is 13.1. The predicted molar refractivity (Wildman–Crippen MR) is 98.1 cm³/mol. The van der Waals surface area contributed by atoms with Crippen LogP contribution in [-0.2, 0) is 11.3 Å². The van der Waals surface area contributed by atoms with E-state index in [1.165, 1.54) is 0 Å². The molecule has 3 N–H and O–H groups in total. The molecule has 5 rings (SSSR count). The Morgan fingerprint density at radius 1 is 0.667 bits per heavy atom. The van der Waals surface area contributed by atoms with Crippen LogP contribution in [0.1, 0.15) is 49.5 Å². The molecule has 2 aromatic carbocycles. The number of imide groups is 1. The fraction of sp³-hybridized carbons (Fsp3) is 0.200. The third kappa shape index (κ3) is 4.38. The molecular weight excluding hydrogens is 346 g/mol. The van der Waals surface area contributed by atoms with Gasteiger partial charge in [0.1, 0.15) is 0 Å². The van der Waals surface area contributed by atoms with Gasteiger partial charge >= 0.3 is 0 Å². The van der Waals surface area contributed by atoms with Gasteiger partial charge in [-0.1, -0.05) is 30.3 Å². The lowest BCUT2D eigenvalue weighted by atomic mass is 10.1. The van der Waals surface area contributed by atoms with E-state index in [0.29, 0.717) is 17.7 Å². The van der Waals surface area contributed by atoms with E-state index in [1.54, 1.807) is 24.3 Å². The zero-order valence-electron chi connectivity index (χ0n) is 14.6. The van der Waals surface area contributed by atoms with Crippen LogP contribution in [0.15, 0.2) is 48.5 Å². The summed E-state index contributed by atoms with van der Waals surface area (Å²) in [7, 11) is 0. The molecule has 3 heterocycles. The van der Waals surface area contributed by atoms with Gasteiger partial charge in [0.15, 0.2) is 0 Å². The quantitative estimate of drug-likeness (QED) is 0.614. The van der Waals surface area contributed by atoms with E-state index in [1.807, 2.05) is 24.3 Å². The van der Waals surface area contributed by atoms with Gasteiger partial charge in [0, 0.05) is 25.1 Å². The highest BCUT2D eigenvalue weighted by Gasteiger charge is 2.25. The van der Waals surface area contributed by atoms with E-state index in [2.05, 4.69) is 16.0 Å². The molecular formula is C20H19N3O4. The molecule has 0 atom stereocenters. The van der Waals surface area contributed by atoms with Crippen molar-refractivity contribution in [3.63, 3.8) is 0 Å². The summed E-state index contributed by atoms with van der Waals surface area (Å²) in [4.78, 5) is 43.0. The first kappa shape index (κ1) is 18.3. The van der Waals surface area contributed by atoms with Gasteiger partial charge in [0.2, 0.25) is 5.91 Å². The number of carbonyl (C=O) groups excluding carboxylic acids is 4. The van der Waals surface area contributed by atoms with Gasteiger partial charge in [-0.3, -0.25) is 24.5 Å². The van der Waals surface area contributed by atoms with Crippen LogP contribution < -0.4 is 16.0 Å². The fourth-order valence-corrected chi connectivity index (χ4v) is 2.85. The molecule has 138 valence electrons. The molecule has 3 aliphatic rings. The Kier molecular flexibility index (Phi) is 5.61. The maximum absolute atomic E-state index is 11.0. The topological polar surface area (TPSA) is 104 Å². The summed E-state index contributed by atoms with van der Waals surface area (Å²) in [5, 5.41) is 7.63. The molecule has 0 saturated carbocycles. The largest absolute Gasteiger partial charge is 0.356 e. The van der Waals surface area contributed by atoms with E-state index >= 15 is 0 Å². The lowest BCUT2D eigenvalue weighted by Gasteiger charge is -1.89. The maximum Gasteiger partial charge on any atom is 0.258 e. The molecule has 0 spiro atoms. The smallest absolute Gasteiger partial charge is 0.258 e. The van der Waals surface area contributed by atoms with Crippen molar-refractivity contribution in [3.8, 4) is 0 Å². The summed E-state index contributed by atoms with van der Waals surface area (Å²) in [6, 6.07) is 14.4. The maximum atomic E-state index is 11.0. The number of hydrogen-bond acceptors (Lipinski definition) is 4. The third-order valence-corrected chi connectivity index (χ3v) is 4.25. The van der Waals surface area contributed by atoms with Crippen molar-refractivity contribution in [1.29, 1.82) is 0 Å². The Morgan fingerprint density at radius 3 is 1.74 bits per heavy atom. The Labute approximate surface area is 156 Å². The summed E-state index contributed by atoms with van der Waals surface area (Å²) in [6.45, 7) is 1.58. The van der Waals surface area contributed by atoms with Gasteiger partial charge in [0.25, 0.3) is 17.7 Å². The van der Waals surface area contributed by atoms with Gasteiger partial charge in [-0.25, -0.2) is 0 Å². The number of amides is 4. The van der Waals surface area contributed by atoms with E-state index in [-0.39, 0.29) is 23.6 Å². The van der Waals surface area contributed by atoms with Crippen LogP contribution in [0.3, 0.4) is 0 Å². The predicted octanol–water partition coefficient (Wildman–Crippen LogP) is 1.40. The summed E-state index contributed by atoms with van der Waals surface area (Å²) < 4.78 is 0. The van der Waals surface area contributed by atoms with E-state index in [0.717, 1.165) is 30.5 Å². The fourth-order valence-electron chi connectivity index (χ4n) is 2.85. The van der Waals surface area contributed by atoms with Crippen molar-refractivity contribution in [2.75, 3.05) is 6.54 Å². The average molecular weight is 365 g/mol. The van der Waals surface area contributed by atoms with E-state index in [9.17, 15) is 19.2 Å². The van der Waals surface area contributed by atoms with Gasteiger partial charge in [0.05, 0.1) is 11.1 Å². The molecule has 3 aliphatic heterocycles. The molecule has 1 fully saturated rings. The van der Waals surface area contributed by atoms with Gasteiger partial charge < -0.3 is 10.6 Å². The van der Waals surface area contributed by atoms with E-state index in [4.69, 9.17) is 0 Å². The van der Waals surface area contributed by atoms with Crippen LogP contribution in [0, 0.1) is 0 Å². The molecule has 0 radical (unpaired) electrons. The average Bonchev–Trinajstić information content (AvgIpc) is 3.38. The molecule has 2 aromatic rings. The SMILES string of the molecule is O=C1CCCN1.O=C1NC(=O)c2ccccc21.O=C1NCc2ccccc21. The molecule has 7 nitrogen and oxygen atoms in total. The highest BCUT2D eigenvalue weighted by molar-refractivity contribution is 6.21. The van der Waals surface area contributed by atoms with Crippen molar-refractivity contribution in [3.05, 3.63) is 70.8 Å². The van der Waals surface area contributed by atoms with Crippen LogP contribution >= 0.6 is 0 Å². The van der Waals surface area contributed by atoms with E-state index < -0.39 is 0 Å². The molecule has 1 saturated heterocycles. The zero-order chi connectivity index (χ0) is 19.2. The van der Waals surface area contributed by atoms with Crippen LogP contribution in [-0.4, -0.2) is 30.2 Å². The summed E-state index contributed by atoms with van der Waals surface area (Å²) in [5.41, 5.74) is 2.87. The van der Waals surface area contributed by atoms with Crippen molar-refractivity contribution >= 4 is 23.6 Å². The van der Waals surface area contributed by atoms with Crippen LogP contribution in [0.2, 0.25) is 0 Å². The Hall–Kier alpha value is -3.48. The number of nitrogens with one attached hydrogen (secondary N) is 3. The zero-order valence-corrected chi connectivity index (χ0v) is 14.6. The number of hydrogen-bond donors (Lipinski definition) is 3. The van der Waals surface area contributed by atoms with Crippen molar-refractivity contribution in [2.24, 2.45) is 0 Å². The van der Waals surface area contributed by atoms with Crippen molar-refractivity contribution < 1.29 is 19.2 Å². The Bertz CT molecular complexity index is 867. The summed E-state index contributed by atoms with van der Waals surface area (Å²) >= 11 is 0. The molecule has 0 bridgehead atoms. The van der Waals surface area contributed by atoms with Gasteiger partial charge in [-0.2, -0.15) is 0 Å². The molecule has 0 unspecified atom stereocenters. The first-order valence-electron chi connectivity index (χ1n) is 8.64. The van der Waals surface area contributed by atoms with Crippen LogP contribution in [0.4, 0.5) is 0 Å². The Balaban J connectivity index is 0.000000122. The molecule has 7 heteroatoms.